The van der Waals surface area contributed by atoms with Gasteiger partial charge in [-0.2, -0.15) is 0 Å². The van der Waals surface area contributed by atoms with Gasteiger partial charge in [0, 0.05) is 31.6 Å². The first-order chi connectivity index (χ1) is 17.4. The van der Waals surface area contributed by atoms with E-state index < -0.39 is 6.04 Å². The molecule has 4 bridgehead atoms. The molecule has 2 amide bonds. The fourth-order valence-corrected chi connectivity index (χ4v) is 7.38. The summed E-state index contributed by atoms with van der Waals surface area (Å²) in [6.45, 7) is 9.41. The minimum atomic E-state index is -0.515. The highest BCUT2D eigenvalue weighted by molar-refractivity contribution is 5.90. The zero-order chi connectivity index (χ0) is 25.1. The molecule has 0 aromatic heterocycles. The van der Waals surface area contributed by atoms with E-state index in [2.05, 4.69) is 15.5 Å². The summed E-state index contributed by atoms with van der Waals surface area (Å²) in [5.41, 5.74) is 0.747. The molecule has 1 saturated heterocycles. The van der Waals surface area contributed by atoms with Gasteiger partial charge in [-0.25, -0.2) is 0 Å². The Morgan fingerprint density at radius 1 is 1.08 bits per heavy atom. The number of hydrogen-bond acceptors (Lipinski definition) is 5. The number of amides is 2. The standard InChI is InChI=1S/C29H43N3O4/c1-20(2)26(31-28(34)29-16-22-12-23(17-29)14-24(13-22)18-29)27(33)30-19-21-4-3-5-25(15-21)36-11-8-32-6-9-35-10-7-32/h3-5,15,20,22-24,26H,6-14,16-19H2,1-2H3,(H,30,33)(H,31,34)/t22?,23?,24?,26-,29?/m0/s1. The Balaban J connectivity index is 1.12. The second-order valence-electron chi connectivity index (χ2n) is 12.1. The van der Waals surface area contributed by atoms with Crippen molar-refractivity contribution in [2.24, 2.45) is 29.1 Å². The topological polar surface area (TPSA) is 79.9 Å². The molecular formula is C29H43N3O4. The zero-order valence-electron chi connectivity index (χ0n) is 22.0. The molecule has 198 valence electrons. The molecule has 1 aliphatic heterocycles. The van der Waals surface area contributed by atoms with Crippen LogP contribution in [0.2, 0.25) is 0 Å². The van der Waals surface area contributed by atoms with Gasteiger partial charge in [-0.05, 0) is 79.9 Å². The molecule has 0 radical (unpaired) electrons. The van der Waals surface area contributed by atoms with Gasteiger partial charge in [0.2, 0.25) is 11.8 Å². The fraction of sp³-hybridized carbons (Fsp3) is 0.724. The minimum absolute atomic E-state index is 0.0257. The molecule has 7 nitrogen and oxygen atoms in total. The smallest absolute Gasteiger partial charge is 0.243 e. The largest absolute Gasteiger partial charge is 0.492 e. The lowest BCUT2D eigenvalue weighted by atomic mass is 9.49. The van der Waals surface area contributed by atoms with Crippen LogP contribution < -0.4 is 15.4 Å². The van der Waals surface area contributed by atoms with Crippen molar-refractivity contribution in [3.63, 3.8) is 0 Å². The van der Waals surface area contributed by atoms with E-state index in [0.29, 0.717) is 30.9 Å². The van der Waals surface area contributed by atoms with Gasteiger partial charge in [0.05, 0.1) is 13.2 Å². The number of carbonyl (C=O) groups is 2. The van der Waals surface area contributed by atoms with E-state index in [1.165, 1.54) is 19.3 Å². The maximum absolute atomic E-state index is 13.5. The van der Waals surface area contributed by atoms with Crippen molar-refractivity contribution in [3.05, 3.63) is 29.8 Å². The van der Waals surface area contributed by atoms with Crippen LogP contribution in [0.1, 0.15) is 57.9 Å². The van der Waals surface area contributed by atoms with Gasteiger partial charge in [0.15, 0.2) is 0 Å². The summed E-state index contributed by atoms with van der Waals surface area (Å²) in [7, 11) is 0. The van der Waals surface area contributed by atoms with Crippen LogP contribution in [0.15, 0.2) is 24.3 Å². The third kappa shape index (κ3) is 5.88. The number of ether oxygens (including phenoxy) is 2. The van der Waals surface area contributed by atoms with E-state index >= 15 is 0 Å². The van der Waals surface area contributed by atoms with Gasteiger partial charge >= 0.3 is 0 Å². The molecular weight excluding hydrogens is 454 g/mol. The number of morpholine rings is 1. The monoisotopic (exact) mass is 497 g/mol. The average molecular weight is 498 g/mol. The van der Waals surface area contributed by atoms with Crippen LogP contribution in [0.3, 0.4) is 0 Å². The van der Waals surface area contributed by atoms with E-state index in [1.807, 2.05) is 38.1 Å². The Bertz CT molecular complexity index is 892. The molecule has 5 aliphatic rings. The summed E-state index contributed by atoms with van der Waals surface area (Å²) in [4.78, 5) is 29.1. The van der Waals surface area contributed by atoms with E-state index in [1.54, 1.807) is 0 Å². The van der Waals surface area contributed by atoms with E-state index in [-0.39, 0.29) is 23.1 Å². The molecule has 7 heteroatoms. The lowest BCUT2D eigenvalue weighted by Crippen LogP contribution is -2.58. The Morgan fingerprint density at radius 2 is 1.75 bits per heavy atom. The quantitative estimate of drug-likeness (QED) is 0.518. The van der Waals surface area contributed by atoms with Crippen molar-refractivity contribution < 1.29 is 19.1 Å². The highest BCUT2D eigenvalue weighted by Crippen LogP contribution is 2.60. The lowest BCUT2D eigenvalue weighted by molar-refractivity contribution is -0.149. The second kappa shape index (κ2) is 11.1. The van der Waals surface area contributed by atoms with Crippen molar-refractivity contribution >= 4 is 11.8 Å². The number of rotatable bonds is 10. The van der Waals surface area contributed by atoms with Crippen LogP contribution in [0, 0.1) is 29.1 Å². The molecule has 1 aromatic rings. The summed E-state index contributed by atoms with van der Waals surface area (Å²) in [6.07, 6.45) is 6.94. The van der Waals surface area contributed by atoms with Gasteiger partial charge in [0.1, 0.15) is 18.4 Å². The predicted molar refractivity (Wildman–Crippen MR) is 138 cm³/mol. The zero-order valence-corrected chi connectivity index (χ0v) is 22.0. The Hall–Kier alpha value is -2.12. The van der Waals surface area contributed by atoms with Crippen LogP contribution >= 0.6 is 0 Å². The third-order valence-electron chi connectivity index (χ3n) is 8.90. The van der Waals surface area contributed by atoms with Gasteiger partial charge in [-0.1, -0.05) is 26.0 Å². The molecule has 1 heterocycles. The highest BCUT2D eigenvalue weighted by atomic mass is 16.5. The van der Waals surface area contributed by atoms with Crippen molar-refractivity contribution in [3.8, 4) is 5.75 Å². The van der Waals surface area contributed by atoms with Gasteiger partial charge in [-0.3, -0.25) is 14.5 Å². The van der Waals surface area contributed by atoms with Crippen molar-refractivity contribution in [2.75, 3.05) is 39.5 Å². The Kier molecular flexibility index (Phi) is 7.87. The SMILES string of the molecule is CC(C)[C@H](NC(=O)C12CC3CC(CC(C3)C1)C2)C(=O)NCc1cccc(OCCN2CCOCC2)c1. The van der Waals surface area contributed by atoms with E-state index in [4.69, 9.17) is 9.47 Å². The molecule has 1 aromatic carbocycles. The van der Waals surface area contributed by atoms with Crippen molar-refractivity contribution in [1.29, 1.82) is 0 Å². The fourth-order valence-electron chi connectivity index (χ4n) is 7.38. The van der Waals surface area contributed by atoms with Crippen LogP contribution in [0.5, 0.6) is 5.75 Å². The molecule has 1 atom stereocenters. The summed E-state index contributed by atoms with van der Waals surface area (Å²) in [5.74, 6) is 2.96. The normalized spacial score (nSPS) is 30.2. The first-order valence-electron chi connectivity index (χ1n) is 14.0. The van der Waals surface area contributed by atoms with Crippen molar-refractivity contribution in [2.45, 2.75) is 65.0 Å². The van der Waals surface area contributed by atoms with Crippen LogP contribution in [0.4, 0.5) is 0 Å². The highest BCUT2D eigenvalue weighted by Gasteiger charge is 2.55. The molecule has 4 saturated carbocycles. The molecule has 4 aliphatic carbocycles. The summed E-state index contributed by atoms with van der Waals surface area (Å²) < 4.78 is 11.4. The second-order valence-corrected chi connectivity index (χ2v) is 12.1. The van der Waals surface area contributed by atoms with Gasteiger partial charge in [0.25, 0.3) is 0 Å². The van der Waals surface area contributed by atoms with Crippen molar-refractivity contribution in [1.82, 2.24) is 15.5 Å². The molecule has 5 fully saturated rings. The predicted octanol–water partition coefficient (Wildman–Crippen LogP) is 3.37. The number of nitrogens with one attached hydrogen (secondary N) is 2. The summed E-state index contributed by atoms with van der Waals surface area (Å²) >= 11 is 0. The maximum atomic E-state index is 13.5. The number of hydrogen-bond donors (Lipinski definition) is 2. The van der Waals surface area contributed by atoms with Crippen LogP contribution in [0.25, 0.3) is 0 Å². The molecule has 0 spiro atoms. The molecule has 6 rings (SSSR count). The molecule has 36 heavy (non-hydrogen) atoms. The molecule has 0 unspecified atom stereocenters. The van der Waals surface area contributed by atoms with Gasteiger partial charge < -0.3 is 20.1 Å². The van der Waals surface area contributed by atoms with Crippen LogP contribution in [-0.2, 0) is 20.9 Å². The van der Waals surface area contributed by atoms with Gasteiger partial charge in [-0.15, -0.1) is 0 Å². The minimum Gasteiger partial charge on any atom is -0.492 e. The maximum Gasteiger partial charge on any atom is 0.243 e. The van der Waals surface area contributed by atoms with Crippen LogP contribution in [-0.4, -0.2) is 62.2 Å². The summed E-state index contributed by atoms with van der Waals surface area (Å²) in [6, 6.07) is 7.37. The first-order valence-corrected chi connectivity index (χ1v) is 14.0. The average Bonchev–Trinajstić information content (AvgIpc) is 2.85. The number of benzene rings is 1. The Labute approximate surface area is 215 Å². The number of nitrogens with zero attached hydrogens (tertiary/aromatic N) is 1. The lowest BCUT2D eigenvalue weighted by Gasteiger charge is -2.55. The first kappa shape index (κ1) is 25.5. The third-order valence-corrected chi connectivity index (χ3v) is 8.90. The molecule has 2 N–H and O–H groups in total. The van der Waals surface area contributed by atoms with E-state index in [9.17, 15) is 9.59 Å². The Morgan fingerprint density at radius 3 is 2.39 bits per heavy atom. The summed E-state index contributed by atoms with van der Waals surface area (Å²) in [5, 5.41) is 6.25. The van der Waals surface area contributed by atoms with E-state index in [0.717, 1.165) is 63.4 Å². The number of carbonyl (C=O) groups excluding carboxylic acids is 2.